The van der Waals surface area contributed by atoms with Gasteiger partial charge < -0.3 is 10.2 Å². The molecule has 110 valence electrons. The maximum atomic E-state index is 4.49. The summed E-state index contributed by atoms with van der Waals surface area (Å²) in [6.45, 7) is 1.93. The van der Waals surface area contributed by atoms with E-state index in [2.05, 4.69) is 64.7 Å². The van der Waals surface area contributed by atoms with Gasteiger partial charge in [-0.15, -0.1) is 0 Å². The molecule has 0 spiro atoms. The number of anilines is 1. The molecule has 0 atom stereocenters. The summed E-state index contributed by atoms with van der Waals surface area (Å²) in [5, 5.41) is 3.55. The molecule has 0 aliphatic heterocycles. The molecular formula is C18H23N3. The summed E-state index contributed by atoms with van der Waals surface area (Å²) in [4.78, 5) is 6.72. The predicted molar refractivity (Wildman–Crippen MR) is 87.5 cm³/mol. The molecule has 1 aromatic heterocycles. The summed E-state index contributed by atoms with van der Waals surface area (Å²) in [5.41, 5.74) is 2.69. The van der Waals surface area contributed by atoms with E-state index in [9.17, 15) is 0 Å². The Bertz CT molecular complexity index is 564. The SMILES string of the molecule is CN(CCc1ccccc1)c1cc(CNC2CC2)ccn1. The van der Waals surface area contributed by atoms with Crippen LogP contribution in [0.2, 0.25) is 0 Å². The smallest absolute Gasteiger partial charge is 0.128 e. The van der Waals surface area contributed by atoms with Crippen molar-refractivity contribution >= 4 is 5.82 Å². The van der Waals surface area contributed by atoms with E-state index in [4.69, 9.17) is 0 Å². The molecule has 3 nitrogen and oxygen atoms in total. The first-order valence-electron chi connectivity index (χ1n) is 7.74. The molecular weight excluding hydrogens is 258 g/mol. The Balaban J connectivity index is 1.55. The zero-order valence-electron chi connectivity index (χ0n) is 12.6. The third-order valence-electron chi connectivity index (χ3n) is 3.95. The lowest BCUT2D eigenvalue weighted by Crippen LogP contribution is -2.22. The second-order valence-corrected chi connectivity index (χ2v) is 5.83. The van der Waals surface area contributed by atoms with E-state index >= 15 is 0 Å². The molecule has 2 aromatic rings. The van der Waals surface area contributed by atoms with Gasteiger partial charge in [-0.25, -0.2) is 4.98 Å². The molecule has 0 amide bonds. The molecule has 0 saturated heterocycles. The van der Waals surface area contributed by atoms with Crippen LogP contribution in [0.15, 0.2) is 48.7 Å². The Kier molecular flexibility index (Phi) is 4.51. The highest BCUT2D eigenvalue weighted by Crippen LogP contribution is 2.20. The van der Waals surface area contributed by atoms with Crippen LogP contribution in [-0.4, -0.2) is 24.6 Å². The van der Waals surface area contributed by atoms with Gasteiger partial charge in [-0.1, -0.05) is 30.3 Å². The maximum absolute atomic E-state index is 4.49. The van der Waals surface area contributed by atoms with Crippen LogP contribution in [0, 0.1) is 0 Å². The van der Waals surface area contributed by atoms with Gasteiger partial charge in [-0.3, -0.25) is 0 Å². The van der Waals surface area contributed by atoms with Crippen LogP contribution >= 0.6 is 0 Å². The van der Waals surface area contributed by atoms with Crippen molar-refractivity contribution in [3.8, 4) is 0 Å². The standard InChI is InChI=1S/C18H23N3/c1-21(12-10-15-5-3-2-4-6-15)18-13-16(9-11-19-18)14-20-17-7-8-17/h2-6,9,11,13,17,20H,7-8,10,12,14H2,1H3. The average Bonchev–Trinajstić information content (AvgIpc) is 3.36. The van der Waals surface area contributed by atoms with Crippen molar-refractivity contribution in [2.75, 3.05) is 18.5 Å². The minimum atomic E-state index is 0.748. The Morgan fingerprint density at radius 3 is 2.71 bits per heavy atom. The lowest BCUT2D eigenvalue weighted by Gasteiger charge is -2.19. The second-order valence-electron chi connectivity index (χ2n) is 5.83. The monoisotopic (exact) mass is 281 g/mol. The van der Waals surface area contributed by atoms with Gasteiger partial charge in [-0.2, -0.15) is 0 Å². The molecule has 21 heavy (non-hydrogen) atoms. The van der Waals surface area contributed by atoms with E-state index in [1.807, 2.05) is 6.20 Å². The van der Waals surface area contributed by atoms with Crippen LogP contribution < -0.4 is 10.2 Å². The van der Waals surface area contributed by atoms with Gasteiger partial charge >= 0.3 is 0 Å². The second kappa shape index (κ2) is 6.72. The van der Waals surface area contributed by atoms with Crippen molar-refractivity contribution in [2.24, 2.45) is 0 Å². The molecule has 0 bridgehead atoms. The van der Waals surface area contributed by atoms with Gasteiger partial charge in [0.1, 0.15) is 5.82 Å². The third-order valence-corrected chi connectivity index (χ3v) is 3.95. The highest BCUT2D eigenvalue weighted by atomic mass is 15.2. The average molecular weight is 281 g/mol. The van der Waals surface area contributed by atoms with Crippen molar-refractivity contribution in [3.63, 3.8) is 0 Å². The fourth-order valence-corrected chi connectivity index (χ4v) is 2.38. The van der Waals surface area contributed by atoms with Gasteiger partial charge in [0, 0.05) is 32.4 Å². The lowest BCUT2D eigenvalue weighted by molar-refractivity contribution is 0.686. The number of benzene rings is 1. The molecule has 1 N–H and O–H groups in total. The van der Waals surface area contributed by atoms with Gasteiger partial charge in [0.2, 0.25) is 0 Å². The summed E-state index contributed by atoms with van der Waals surface area (Å²) >= 11 is 0. The molecule has 1 heterocycles. The molecule has 0 unspecified atom stereocenters. The minimum absolute atomic E-state index is 0.748. The normalized spacial score (nSPS) is 14.1. The van der Waals surface area contributed by atoms with Crippen molar-refractivity contribution < 1.29 is 0 Å². The molecule has 0 radical (unpaired) electrons. The van der Waals surface area contributed by atoms with E-state index < -0.39 is 0 Å². The summed E-state index contributed by atoms with van der Waals surface area (Å²) < 4.78 is 0. The topological polar surface area (TPSA) is 28.2 Å². The van der Waals surface area contributed by atoms with Crippen molar-refractivity contribution in [1.29, 1.82) is 0 Å². The number of nitrogens with one attached hydrogen (secondary N) is 1. The molecule has 1 aliphatic carbocycles. The number of rotatable bonds is 7. The first-order valence-corrected chi connectivity index (χ1v) is 7.74. The predicted octanol–water partition coefficient (Wildman–Crippen LogP) is 3.01. The number of hydrogen-bond donors (Lipinski definition) is 1. The van der Waals surface area contributed by atoms with E-state index in [0.717, 1.165) is 31.4 Å². The van der Waals surface area contributed by atoms with Gasteiger partial charge in [-0.05, 0) is 42.5 Å². The summed E-state index contributed by atoms with van der Waals surface area (Å²) in [5.74, 6) is 1.06. The number of pyridine rings is 1. The Morgan fingerprint density at radius 1 is 1.14 bits per heavy atom. The van der Waals surface area contributed by atoms with E-state index in [1.165, 1.54) is 24.0 Å². The summed E-state index contributed by atoms with van der Waals surface area (Å²) in [6, 6.07) is 15.6. The maximum Gasteiger partial charge on any atom is 0.128 e. The van der Waals surface area contributed by atoms with Crippen LogP contribution in [-0.2, 0) is 13.0 Å². The van der Waals surface area contributed by atoms with Gasteiger partial charge in [0.25, 0.3) is 0 Å². The molecule has 1 saturated carbocycles. The fourth-order valence-electron chi connectivity index (χ4n) is 2.38. The van der Waals surface area contributed by atoms with Gasteiger partial charge in [0.05, 0.1) is 0 Å². The van der Waals surface area contributed by atoms with Crippen LogP contribution in [0.1, 0.15) is 24.0 Å². The molecule has 1 fully saturated rings. The molecule has 3 rings (SSSR count). The summed E-state index contributed by atoms with van der Waals surface area (Å²) in [7, 11) is 2.11. The summed E-state index contributed by atoms with van der Waals surface area (Å²) in [6.07, 6.45) is 5.62. The number of nitrogens with zero attached hydrogens (tertiary/aromatic N) is 2. The van der Waals surface area contributed by atoms with Crippen LogP contribution in [0.25, 0.3) is 0 Å². The number of likely N-dealkylation sites (N-methyl/N-ethyl adjacent to an activating group) is 1. The lowest BCUT2D eigenvalue weighted by atomic mass is 10.1. The van der Waals surface area contributed by atoms with Crippen LogP contribution in [0.4, 0.5) is 5.82 Å². The molecule has 3 heteroatoms. The zero-order chi connectivity index (χ0) is 14.5. The van der Waals surface area contributed by atoms with Crippen molar-refractivity contribution in [2.45, 2.75) is 31.8 Å². The molecule has 1 aliphatic rings. The first-order chi connectivity index (χ1) is 10.3. The van der Waals surface area contributed by atoms with E-state index in [1.54, 1.807) is 0 Å². The third kappa shape index (κ3) is 4.30. The van der Waals surface area contributed by atoms with Crippen molar-refractivity contribution in [3.05, 3.63) is 59.8 Å². The quantitative estimate of drug-likeness (QED) is 0.845. The van der Waals surface area contributed by atoms with Crippen molar-refractivity contribution in [1.82, 2.24) is 10.3 Å². The number of aromatic nitrogens is 1. The van der Waals surface area contributed by atoms with E-state index in [0.29, 0.717) is 0 Å². The minimum Gasteiger partial charge on any atom is -0.359 e. The highest BCUT2D eigenvalue weighted by Gasteiger charge is 2.19. The Labute approximate surface area is 127 Å². The van der Waals surface area contributed by atoms with Gasteiger partial charge in [0.15, 0.2) is 0 Å². The number of hydrogen-bond acceptors (Lipinski definition) is 3. The van der Waals surface area contributed by atoms with E-state index in [-0.39, 0.29) is 0 Å². The fraction of sp³-hybridized carbons (Fsp3) is 0.389. The largest absolute Gasteiger partial charge is 0.359 e. The molecule has 1 aromatic carbocycles. The van der Waals surface area contributed by atoms with Crippen LogP contribution in [0.3, 0.4) is 0 Å². The first kappa shape index (κ1) is 14.1. The Morgan fingerprint density at radius 2 is 1.95 bits per heavy atom. The Hall–Kier alpha value is -1.87. The zero-order valence-corrected chi connectivity index (χ0v) is 12.6. The highest BCUT2D eigenvalue weighted by molar-refractivity contribution is 5.40. The van der Waals surface area contributed by atoms with Crippen LogP contribution in [0.5, 0.6) is 0 Å².